The van der Waals surface area contributed by atoms with Crippen LogP contribution < -0.4 is 10.1 Å². The predicted molar refractivity (Wildman–Crippen MR) is 82.1 cm³/mol. The van der Waals surface area contributed by atoms with Gasteiger partial charge in [0.15, 0.2) is 0 Å². The molecular weight excluding hydrogens is 269 g/mol. The molecule has 21 heavy (non-hydrogen) atoms. The molecule has 2 rings (SSSR count). The van der Waals surface area contributed by atoms with E-state index in [1.54, 1.807) is 19.1 Å². The van der Waals surface area contributed by atoms with Gasteiger partial charge >= 0.3 is 0 Å². The van der Waals surface area contributed by atoms with Crippen molar-refractivity contribution in [2.45, 2.75) is 45.1 Å². The van der Waals surface area contributed by atoms with E-state index in [1.807, 2.05) is 0 Å². The van der Waals surface area contributed by atoms with Crippen molar-refractivity contribution >= 4 is 0 Å². The van der Waals surface area contributed by atoms with Gasteiger partial charge < -0.3 is 15.2 Å². The zero-order valence-corrected chi connectivity index (χ0v) is 13.0. The van der Waals surface area contributed by atoms with Crippen LogP contribution in [0.4, 0.5) is 4.39 Å². The Labute approximate surface area is 126 Å². The second-order valence-corrected chi connectivity index (χ2v) is 5.98. The molecule has 0 spiro atoms. The molecule has 1 aromatic carbocycles. The zero-order valence-electron chi connectivity index (χ0n) is 13.0. The summed E-state index contributed by atoms with van der Waals surface area (Å²) in [6.07, 6.45) is 4.20. The molecule has 3 nitrogen and oxygen atoms in total. The van der Waals surface area contributed by atoms with Crippen molar-refractivity contribution in [1.29, 1.82) is 0 Å². The molecule has 0 aromatic heterocycles. The average Bonchev–Trinajstić information content (AvgIpc) is 2.87. The Morgan fingerprint density at radius 3 is 2.95 bits per heavy atom. The fourth-order valence-corrected chi connectivity index (χ4v) is 3.44. The van der Waals surface area contributed by atoms with E-state index in [4.69, 9.17) is 4.74 Å². The highest BCUT2D eigenvalue weighted by atomic mass is 19.1. The summed E-state index contributed by atoms with van der Waals surface area (Å²) in [5.74, 6) is 0.943. The van der Waals surface area contributed by atoms with Crippen molar-refractivity contribution in [2.75, 3.05) is 19.8 Å². The molecule has 1 aromatic rings. The summed E-state index contributed by atoms with van der Waals surface area (Å²) in [6.45, 7) is 5.46. The highest BCUT2D eigenvalue weighted by Gasteiger charge is 2.41. The third-order valence-electron chi connectivity index (χ3n) is 4.63. The molecule has 118 valence electrons. The predicted octanol–water partition coefficient (Wildman–Crippen LogP) is 3.04. The summed E-state index contributed by atoms with van der Waals surface area (Å²) >= 11 is 0. The molecule has 1 fully saturated rings. The van der Waals surface area contributed by atoms with Crippen molar-refractivity contribution in [3.63, 3.8) is 0 Å². The Morgan fingerprint density at radius 2 is 2.29 bits per heavy atom. The van der Waals surface area contributed by atoms with Gasteiger partial charge in [-0.25, -0.2) is 4.39 Å². The molecule has 2 N–H and O–H groups in total. The number of aryl methyl sites for hydroxylation is 1. The first-order chi connectivity index (χ1) is 10.1. The normalized spacial score (nSPS) is 25.2. The lowest BCUT2D eigenvalue weighted by Gasteiger charge is -2.34. The van der Waals surface area contributed by atoms with Gasteiger partial charge in [-0.1, -0.05) is 13.3 Å². The molecule has 0 heterocycles. The van der Waals surface area contributed by atoms with E-state index >= 15 is 0 Å². The molecule has 0 saturated heterocycles. The molecule has 0 bridgehead atoms. The van der Waals surface area contributed by atoms with Gasteiger partial charge in [0.05, 0.1) is 13.2 Å². The maximum absolute atomic E-state index is 13.2. The molecule has 0 radical (unpaired) electrons. The van der Waals surface area contributed by atoms with Gasteiger partial charge in [-0.05, 0) is 62.4 Å². The smallest absolute Gasteiger partial charge is 0.126 e. The summed E-state index contributed by atoms with van der Waals surface area (Å²) < 4.78 is 19.0. The topological polar surface area (TPSA) is 41.5 Å². The zero-order chi connectivity index (χ0) is 15.3. The van der Waals surface area contributed by atoms with E-state index in [0.29, 0.717) is 23.8 Å². The summed E-state index contributed by atoms with van der Waals surface area (Å²) in [6, 6.07) is 4.84. The van der Waals surface area contributed by atoms with Crippen LogP contribution in [0.3, 0.4) is 0 Å². The first-order valence-corrected chi connectivity index (χ1v) is 7.86. The van der Waals surface area contributed by atoms with Crippen molar-refractivity contribution in [3.8, 4) is 5.75 Å². The van der Waals surface area contributed by atoms with Crippen LogP contribution in [0, 0.1) is 18.7 Å². The lowest BCUT2D eigenvalue weighted by molar-refractivity contribution is 0.111. The highest BCUT2D eigenvalue weighted by Crippen LogP contribution is 2.37. The Kier molecular flexibility index (Phi) is 5.59. The SMILES string of the molecule is CCNC1(CO)CCCC1CCOc1ccc(F)c(C)c1. The molecule has 0 amide bonds. The minimum atomic E-state index is -0.204. The summed E-state index contributed by atoms with van der Waals surface area (Å²) in [7, 11) is 0. The standard InChI is InChI=1S/C17H26FNO2/c1-3-19-17(12-20)9-4-5-14(17)8-10-21-15-6-7-16(18)13(2)11-15/h6-7,11,14,19-20H,3-5,8-10,12H2,1-2H3. The maximum atomic E-state index is 13.2. The first kappa shape index (κ1) is 16.2. The minimum Gasteiger partial charge on any atom is -0.494 e. The molecule has 0 aliphatic heterocycles. The van der Waals surface area contributed by atoms with Crippen LogP contribution in [0.1, 0.15) is 38.2 Å². The van der Waals surface area contributed by atoms with Crippen molar-refractivity contribution in [3.05, 3.63) is 29.6 Å². The Hall–Kier alpha value is -1.13. The summed E-state index contributed by atoms with van der Waals surface area (Å²) in [5, 5.41) is 13.2. The number of hydrogen-bond acceptors (Lipinski definition) is 3. The van der Waals surface area contributed by atoms with Crippen LogP contribution >= 0.6 is 0 Å². The van der Waals surface area contributed by atoms with Gasteiger partial charge in [0, 0.05) is 5.54 Å². The molecule has 1 aliphatic carbocycles. The first-order valence-electron chi connectivity index (χ1n) is 7.86. The van der Waals surface area contributed by atoms with E-state index in [1.165, 1.54) is 6.07 Å². The number of halogens is 1. The van der Waals surface area contributed by atoms with Gasteiger partial charge in [-0.15, -0.1) is 0 Å². The van der Waals surface area contributed by atoms with E-state index in [-0.39, 0.29) is 18.0 Å². The monoisotopic (exact) mass is 295 g/mol. The van der Waals surface area contributed by atoms with Crippen LogP contribution in [-0.4, -0.2) is 30.4 Å². The lowest BCUT2D eigenvalue weighted by Crippen LogP contribution is -2.51. The Balaban J connectivity index is 1.88. The van der Waals surface area contributed by atoms with Gasteiger partial charge in [0.2, 0.25) is 0 Å². The second kappa shape index (κ2) is 7.23. The van der Waals surface area contributed by atoms with Crippen LogP contribution in [0.15, 0.2) is 18.2 Å². The molecule has 2 atom stereocenters. The largest absolute Gasteiger partial charge is 0.494 e. The molecule has 1 saturated carbocycles. The van der Waals surface area contributed by atoms with E-state index in [9.17, 15) is 9.50 Å². The van der Waals surface area contributed by atoms with Crippen LogP contribution in [-0.2, 0) is 0 Å². The fraction of sp³-hybridized carbons (Fsp3) is 0.647. The third kappa shape index (κ3) is 3.74. The summed E-state index contributed by atoms with van der Waals surface area (Å²) in [4.78, 5) is 0. The van der Waals surface area contributed by atoms with Crippen molar-refractivity contribution in [1.82, 2.24) is 5.32 Å². The molecule has 4 heteroatoms. The fourth-order valence-electron chi connectivity index (χ4n) is 3.44. The Morgan fingerprint density at radius 1 is 1.48 bits per heavy atom. The van der Waals surface area contributed by atoms with Crippen molar-refractivity contribution in [2.24, 2.45) is 5.92 Å². The number of benzene rings is 1. The molecule has 1 aliphatic rings. The minimum absolute atomic E-state index is 0.142. The van der Waals surface area contributed by atoms with Crippen molar-refractivity contribution < 1.29 is 14.2 Å². The van der Waals surface area contributed by atoms with E-state index in [2.05, 4.69) is 12.2 Å². The van der Waals surface area contributed by atoms with Gasteiger partial charge in [0.1, 0.15) is 11.6 Å². The van der Waals surface area contributed by atoms with Crippen LogP contribution in [0.5, 0.6) is 5.75 Å². The Bertz CT molecular complexity index is 466. The van der Waals surface area contributed by atoms with E-state index in [0.717, 1.165) is 32.2 Å². The number of aliphatic hydroxyl groups excluding tert-OH is 1. The quantitative estimate of drug-likeness (QED) is 0.812. The van der Waals surface area contributed by atoms with Gasteiger partial charge in [0.25, 0.3) is 0 Å². The van der Waals surface area contributed by atoms with Crippen LogP contribution in [0.25, 0.3) is 0 Å². The third-order valence-corrected chi connectivity index (χ3v) is 4.63. The number of hydrogen-bond donors (Lipinski definition) is 2. The average molecular weight is 295 g/mol. The number of likely N-dealkylation sites (N-methyl/N-ethyl adjacent to an activating group) is 1. The molecule has 2 unspecified atom stereocenters. The number of aliphatic hydroxyl groups is 1. The van der Waals surface area contributed by atoms with Gasteiger partial charge in [-0.3, -0.25) is 0 Å². The van der Waals surface area contributed by atoms with Gasteiger partial charge in [-0.2, -0.15) is 0 Å². The second-order valence-electron chi connectivity index (χ2n) is 5.98. The highest BCUT2D eigenvalue weighted by molar-refractivity contribution is 5.28. The lowest BCUT2D eigenvalue weighted by atomic mass is 9.85. The van der Waals surface area contributed by atoms with E-state index < -0.39 is 0 Å². The number of ether oxygens (including phenoxy) is 1. The number of nitrogens with one attached hydrogen (secondary N) is 1. The molecular formula is C17H26FNO2. The van der Waals surface area contributed by atoms with Crippen LogP contribution in [0.2, 0.25) is 0 Å². The maximum Gasteiger partial charge on any atom is 0.126 e. The number of rotatable bonds is 7. The summed E-state index contributed by atoms with van der Waals surface area (Å²) in [5.41, 5.74) is 0.460.